The van der Waals surface area contributed by atoms with Crippen LogP contribution in [0.1, 0.15) is 18.1 Å². The molecule has 88 valence electrons. The Morgan fingerprint density at radius 1 is 1.31 bits per heavy atom. The zero-order valence-electron chi connectivity index (χ0n) is 9.15. The van der Waals surface area contributed by atoms with E-state index < -0.39 is 0 Å². The Kier molecular flexibility index (Phi) is 4.41. The van der Waals surface area contributed by atoms with Crippen LogP contribution in [0.15, 0.2) is 6.07 Å². The second kappa shape index (κ2) is 5.39. The smallest absolute Gasteiger partial charge is 0.233 e. The zero-order chi connectivity index (χ0) is 12.3. The summed E-state index contributed by atoms with van der Waals surface area (Å²) in [6.45, 7) is 5.00. The molecule has 0 aliphatic heterocycles. The molecule has 0 aliphatic carbocycles. The highest BCUT2D eigenvalue weighted by Gasteiger charge is 2.11. The molecule has 0 aromatic heterocycles. The summed E-state index contributed by atoms with van der Waals surface area (Å²) in [5.74, 6) is 0.147. The van der Waals surface area contributed by atoms with Crippen LogP contribution in [0.5, 0.6) is 5.75 Å². The molecule has 0 fully saturated rings. The first-order chi connectivity index (χ1) is 7.43. The highest BCUT2D eigenvalue weighted by atomic mass is 35.5. The molecule has 0 spiro atoms. The first-order valence-electron chi connectivity index (χ1n) is 4.57. The molecule has 16 heavy (non-hydrogen) atoms. The van der Waals surface area contributed by atoms with Crippen LogP contribution in [-0.4, -0.2) is 5.91 Å². The van der Waals surface area contributed by atoms with E-state index in [9.17, 15) is 4.79 Å². The highest BCUT2D eigenvalue weighted by molar-refractivity contribution is 6.37. The third-order valence-electron chi connectivity index (χ3n) is 1.96. The quantitative estimate of drug-likeness (QED) is 0.824. The first-order valence-corrected chi connectivity index (χ1v) is 5.32. The summed E-state index contributed by atoms with van der Waals surface area (Å²) in [6.07, 6.45) is 0. The molecule has 1 aromatic rings. The van der Waals surface area contributed by atoms with Gasteiger partial charge in [-0.05, 0) is 31.0 Å². The van der Waals surface area contributed by atoms with E-state index >= 15 is 0 Å². The molecule has 0 radical (unpaired) electrons. The van der Waals surface area contributed by atoms with Gasteiger partial charge in [-0.15, -0.1) is 0 Å². The predicted octanol–water partition coefficient (Wildman–Crippen LogP) is 2.54. The number of carbonyl (C=O) groups excluding carboxylic acids is 1. The van der Waals surface area contributed by atoms with Crippen LogP contribution in [0.3, 0.4) is 0 Å². The van der Waals surface area contributed by atoms with Gasteiger partial charge in [0.15, 0.2) is 5.75 Å². The average molecular weight is 263 g/mol. The molecular formula is C10H12Cl2N2O2. The van der Waals surface area contributed by atoms with Gasteiger partial charge in [-0.25, -0.2) is 0 Å². The SMILES string of the molecule is CC(=O)NNOc1cc(C)c(Cl)c(C)c1Cl. The third-order valence-corrected chi connectivity index (χ3v) is 3.01. The van der Waals surface area contributed by atoms with E-state index in [1.807, 2.05) is 6.92 Å². The average Bonchev–Trinajstić information content (AvgIpc) is 2.22. The van der Waals surface area contributed by atoms with Gasteiger partial charge in [-0.2, -0.15) is 0 Å². The van der Waals surface area contributed by atoms with Crippen LogP contribution in [0.25, 0.3) is 0 Å². The Morgan fingerprint density at radius 2 is 1.94 bits per heavy atom. The lowest BCUT2D eigenvalue weighted by Gasteiger charge is -2.12. The molecule has 0 saturated heterocycles. The molecule has 0 saturated carbocycles. The standard InChI is InChI=1S/C10H12Cl2N2O2/c1-5-4-8(16-14-13-7(3)15)10(12)6(2)9(5)11/h4,14H,1-3H3,(H,13,15). The summed E-state index contributed by atoms with van der Waals surface area (Å²) in [6, 6.07) is 1.69. The van der Waals surface area contributed by atoms with Crippen molar-refractivity contribution in [2.24, 2.45) is 0 Å². The number of benzene rings is 1. The second-order valence-electron chi connectivity index (χ2n) is 3.33. The lowest BCUT2D eigenvalue weighted by atomic mass is 10.1. The first kappa shape index (κ1) is 13.1. The number of hydrazine groups is 1. The van der Waals surface area contributed by atoms with Crippen molar-refractivity contribution < 1.29 is 9.63 Å². The predicted molar refractivity (Wildman–Crippen MR) is 63.5 cm³/mol. The molecule has 0 heterocycles. The molecule has 0 atom stereocenters. The second-order valence-corrected chi connectivity index (χ2v) is 4.09. The molecule has 2 N–H and O–H groups in total. The van der Waals surface area contributed by atoms with Crippen molar-refractivity contribution in [2.75, 3.05) is 0 Å². The van der Waals surface area contributed by atoms with E-state index in [-0.39, 0.29) is 5.91 Å². The molecule has 4 nitrogen and oxygen atoms in total. The van der Waals surface area contributed by atoms with Crippen molar-refractivity contribution in [3.63, 3.8) is 0 Å². The van der Waals surface area contributed by atoms with Crippen LogP contribution in [-0.2, 0) is 4.79 Å². The Morgan fingerprint density at radius 3 is 2.50 bits per heavy atom. The van der Waals surface area contributed by atoms with Crippen LogP contribution >= 0.6 is 23.2 Å². The lowest BCUT2D eigenvalue weighted by Crippen LogP contribution is -2.38. The zero-order valence-corrected chi connectivity index (χ0v) is 10.7. The van der Waals surface area contributed by atoms with Gasteiger partial charge in [0, 0.05) is 11.9 Å². The van der Waals surface area contributed by atoms with E-state index in [0.29, 0.717) is 15.8 Å². The fourth-order valence-corrected chi connectivity index (χ4v) is 1.51. The third kappa shape index (κ3) is 3.01. The maximum Gasteiger partial charge on any atom is 0.233 e. The van der Waals surface area contributed by atoms with Crippen molar-refractivity contribution in [3.05, 3.63) is 27.2 Å². The fourth-order valence-electron chi connectivity index (χ4n) is 1.13. The lowest BCUT2D eigenvalue weighted by molar-refractivity contribution is -0.122. The minimum absolute atomic E-state index is 0.265. The van der Waals surface area contributed by atoms with Crippen LogP contribution in [0, 0.1) is 13.8 Å². The van der Waals surface area contributed by atoms with Crippen LogP contribution < -0.4 is 15.9 Å². The van der Waals surface area contributed by atoms with Gasteiger partial charge in [-0.3, -0.25) is 10.2 Å². The summed E-state index contributed by atoms with van der Waals surface area (Å²) in [5.41, 5.74) is 6.15. The van der Waals surface area contributed by atoms with Crippen molar-refractivity contribution in [1.29, 1.82) is 0 Å². The number of aryl methyl sites for hydroxylation is 1. The fraction of sp³-hybridized carbons (Fsp3) is 0.300. The summed E-state index contributed by atoms with van der Waals surface area (Å²) < 4.78 is 0. The monoisotopic (exact) mass is 262 g/mol. The molecule has 1 aromatic carbocycles. The van der Waals surface area contributed by atoms with Gasteiger partial charge < -0.3 is 4.84 Å². The van der Waals surface area contributed by atoms with E-state index in [0.717, 1.165) is 11.1 Å². The largest absolute Gasteiger partial charge is 0.388 e. The van der Waals surface area contributed by atoms with E-state index in [2.05, 4.69) is 11.0 Å². The number of carbonyl (C=O) groups is 1. The van der Waals surface area contributed by atoms with Gasteiger partial charge in [-0.1, -0.05) is 28.8 Å². The number of hydrogen-bond acceptors (Lipinski definition) is 3. The van der Waals surface area contributed by atoms with Crippen LogP contribution in [0.4, 0.5) is 0 Å². The number of amides is 1. The number of nitrogens with one attached hydrogen (secondary N) is 2. The summed E-state index contributed by atoms with van der Waals surface area (Å²) in [5, 5.41) is 1.02. The molecule has 0 bridgehead atoms. The van der Waals surface area contributed by atoms with Gasteiger partial charge in [0.05, 0.1) is 5.02 Å². The van der Waals surface area contributed by atoms with Crippen molar-refractivity contribution in [1.82, 2.24) is 11.0 Å². The van der Waals surface area contributed by atoms with Crippen molar-refractivity contribution in [3.8, 4) is 5.75 Å². The van der Waals surface area contributed by atoms with E-state index in [1.165, 1.54) is 6.92 Å². The Hall–Kier alpha value is -0.970. The van der Waals surface area contributed by atoms with Gasteiger partial charge in [0.25, 0.3) is 0 Å². The molecule has 1 rings (SSSR count). The molecule has 6 heteroatoms. The van der Waals surface area contributed by atoms with E-state index in [1.54, 1.807) is 13.0 Å². The maximum atomic E-state index is 10.6. The molecule has 0 aliphatic rings. The summed E-state index contributed by atoms with van der Waals surface area (Å²) >= 11 is 12.0. The Labute approximate surface area is 104 Å². The number of halogens is 2. The molecule has 0 unspecified atom stereocenters. The van der Waals surface area contributed by atoms with Crippen molar-refractivity contribution in [2.45, 2.75) is 20.8 Å². The maximum absolute atomic E-state index is 10.6. The van der Waals surface area contributed by atoms with E-state index in [4.69, 9.17) is 28.0 Å². The van der Waals surface area contributed by atoms with Crippen molar-refractivity contribution >= 4 is 29.1 Å². The van der Waals surface area contributed by atoms with Crippen LogP contribution in [0.2, 0.25) is 10.0 Å². The molecular weight excluding hydrogens is 251 g/mol. The summed E-state index contributed by atoms with van der Waals surface area (Å²) in [4.78, 5) is 15.7. The van der Waals surface area contributed by atoms with Gasteiger partial charge in [0.2, 0.25) is 5.91 Å². The summed E-state index contributed by atoms with van der Waals surface area (Å²) in [7, 11) is 0. The molecule has 1 amide bonds. The van der Waals surface area contributed by atoms with Gasteiger partial charge >= 0.3 is 0 Å². The number of hydrogen-bond donors (Lipinski definition) is 2. The minimum Gasteiger partial charge on any atom is -0.388 e. The Bertz CT molecular complexity index is 422. The van der Waals surface area contributed by atoms with Gasteiger partial charge in [0.1, 0.15) is 0 Å². The topological polar surface area (TPSA) is 50.4 Å². The Balaban J connectivity index is 2.85. The minimum atomic E-state index is -0.265. The normalized spacial score (nSPS) is 10.1. The highest BCUT2D eigenvalue weighted by Crippen LogP contribution is 2.34. The number of rotatable bonds is 3.